The fourth-order valence-corrected chi connectivity index (χ4v) is 2.39. The van der Waals surface area contributed by atoms with E-state index >= 15 is 0 Å². The molecule has 0 heterocycles. The number of benzene rings is 2. The maximum atomic E-state index is 12.0. The Hall–Kier alpha value is -3.02. The van der Waals surface area contributed by atoms with Gasteiger partial charge in [0.2, 0.25) is 11.8 Å². The van der Waals surface area contributed by atoms with Crippen LogP contribution in [0.4, 0.5) is 0 Å². The number of carbonyl (C=O) groups excluding carboxylic acids is 2. The fourth-order valence-electron chi connectivity index (χ4n) is 2.39. The van der Waals surface area contributed by atoms with E-state index in [0.29, 0.717) is 18.0 Å². The third kappa shape index (κ3) is 5.81. The van der Waals surface area contributed by atoms with Crippen molar-refractivity contribution in [1.29, 1.82) is 0 Å². The Bertz CT molecular complexity index is 757. The van der Waals surface area contributed by atoms with Crippen molar-refractivity contribution < 1.29 is 19.1 Å². The summed E-state index contributed by atoms with van der Waals surface area (Å²) in [5.41, 5.74) is 2.96. The van der Waals surface area contributed by atoms with Crippen molar-refractivity contribution in [1.82, 2.24) is 10.6 Å². The smallest absolute Gasteiger partial charge is 0.239 e. The molecule has 0 saturated carbocycles. The molecule has 2 aromatic rings. The van der Waals surface area contributed by atoms with Crippen LogP contribution >= 0.6 is 0 Å². The molecule has 0 aliphatic heterocycles. The monoisotopic (exact) mass is 356 g/mol. The molecule has 26 heavy (non-hydrogen) atoms. The van der Waals surface area contributed by atoms with Gasteiger partial charge >= 0.3 is 0 Å². The van der Waals surface area contributed by atoms with Gasteiger partial charge in [-0.05, 0) is 30.2 Å². The van der Waals surface area contributed by atoms with Gasteiger partial charge in [-0.2, -0.15) is 0 Å². The molecule has 0 aliphatic carbocycles. The topological polar surface area (TPSA) is 76.7 Å². The van der Waals surface area contributed by atoms with E-state index in [-0.39, 0.29) is 24.8 Å². The molecule has 2 aromatic carbocycles. The third-order valence-electron chi connectivity index (χ3n) is 3.87. The quantitative estimate of drug-likeness (QED) is 0.758. The summed E-state index contributed by atoms with van der Waals surface area (Å²) >= 11 is 0. The largest absolute Gasteiger partial charge is 0.493 e. The molecule has 0 fully saturated rings. The average molecular weight is 356 g/mol. The predicted octanol–water partition coefficient (Wildman–Crippen LogP) is 1.99. The van der Waals surface area contributed by atoms with Crippen molar-refractivity contribution in [2.24, 2.45) is 0 Å². The van der Waals surface area contributed by atoms with E-state index in [1.165, 1.54) is 5.56 Å². The number of rotatable bonds is 8. The first-order valence-corrected chi connectivity index (χ1v) is 8.31. The number of ether oxygens (including phenoxy) is 2. The number of aryl methyl sites for hydroxylation is 1. The molecule has 0 radical (unpaired) electrons. The first-order valence-electron chi connectivity index (χ1n) is 8.31. The van der Waals surface area contributed by atoms with Gasteiger partial charge in [0.05, 0.1) is 27.2 Å². The number of hydrogen-bond acceptors (Lipinski definition) is 4. The van der Waals surface area contributed by atoms with Crippen LogP contribution in [-0.2, 0) is 22.6 Å². The van der Waals surface area contributed by atoms with Gasteiger partial charge in [-0.25, -0.2) is 0 Å². The second-order valence-electron chi connectivity index (χ2n) is 5.91. The van der Waals surface area contributed by atoms with Gasteiger partial charge in [-0.1, -0.05) is 35.9 Å². The average Bonchev–Trinajstić information content (AvgIpc) is 2.65. The van der Waals surface area contributed by atoms with Crippen molar-refractivity contribution in [3.05, 3.63) is 59.2 Å². The number of methoxy groups -OCH3 is 2. The zero-order valence-electron chi connectivity index (χ0n) is 15.3. The van der Waals surface area contributed by atoms with Crippen LogP contribution in [0.5, 0.6) is 11.5 Å². The number of carbonyl (C=O) groups is 2. The van der Waals surface area contributed by atoms with E-state index in [4.69, 9.17) is 9.47 Å². The molecule has 2 amide bonds. The maximum Gasteiger partial charge on any atom is 0.239 e. The summed E-state index contributed by atoms with van der Waals surface area (Å²) in [7, 11) is 3.10. The second kappa shape index (κ2) is 9.46. The molecular weight excluding hydrogens is 332 g/mol. The number of hydrogen-bond donors (Lipinski definition) is 2. The highest BCUT2D eigenvalue weighted by Gasteiger charge is 2.09. The van der Waals surface area contributed by atoms with Crippen molar-refractivity contribution >= 4 is 11.8 Å². The summed E-state index contributed by atoms with van der Waals surface area (Å²) in [6, 6.07) is 13.2. The summed E-state index contributed by atoms with van der Waals surface area (Å²) in [5.74, 6) is 0.703. The van der Waals surface area contributed by atoms with Crippen molar-refractivity contribution in [2.45, 2.75) is 19.9 Å². The molecule has 0 aromatic heterocycles. The molecule has 0 spiro atoms. The van der Waals surface area contributed by atoms with Gasteiger partial charge in [0.25, 0.3) is 0 Å². The molecule has 0 unspecified atom stereocenters. The van der Waals surface area contributed by atoms with Crippen molar-refractivity contribution in [3.63, 3.8) is 0 Å². The Kier molecular flexibility index (Phi) is 7.02. The Morgan fingerprint density at radius 1 is 0.846 bits per heavy atom. The van der Waals surface area contributed by atoms with Crippen molar-refractivity contribution in [3.8, 4) is 11.5 Å². The zero-order chi connectivity index (χ0) is 18.9. The number of amides is 2. The Balaban J connectivity index is 1.77. The lowest BCUT2D eigenvalue weighted by Crippen LogP contribution is -2.37. The minimum atomic E-state index is -0.234. The van der Waals surface area contributed by atoms with Crippen LogP contribution in [0.25, 0.3) is 0 Å². The maximum absolute atomic E-state index is 12.0. The first kappa shape index (κ1) is 19.3. The SMILES string of the molecule is COc1ccc(CC(=O)NCC(=O)NCc2ccc(C)cc2)cc1OC. The highest BCUT2D eigenvalue weighted by Crippen LogP contribution is 2.27. The van der Waals surface area contributed by atoms with Crippen LogP contribution < -0.4 is 20.1 Å². The Morgan fingerprint density at radius 2 is 1.50 bits per heavy atom. The molecular formula is C20H24N2O4. The lowest BCUT2D eigenvalue weighted by molar-refractivity contribution is -0.125. The third-order valence-corrected chi connectivity index (χ3v) is 3.87. The van der Waals surface area contributed by atoms with E-state index in [1.807, 2.05) is 31.2 Å². The van der Waals surface area contributed by atoms with E-state index in [1.54, 1.807) is 32.4 Å². The Morgan fingerprint density at radius 3 is 2.15 bits per heavy atom. The molecule has 6 nitrogen and oxygen atoms in total. The van der Waals surface area contributed by atoms with Crippen LogP contribution in [-0.4, -0.2) is 32.6 Å². The summed E-state index contributed by atoms with van der Waals surface area (Å²) < 4.78 is 10.4. The lowest BCUT2D eigenvalue weighted by atomic mass is 10.1. The summed E-state index contributed by atoms with van der Waals surface area (Å²) in [6.45, 7) is 2.39. The van der Waals surface area contributed by atoms with E-state index in [9.17, 15) is 9.59 Å². The second-order valence-corrected chi connectivity index (χ2v) is 5.91. The van der Waals surface area contributed by atoms with Gasteiger partial charge in [0, 0.05) is 6.54 Å². The molecule has 2 N–H and O–H groups in total. The summed E-state index contributed by atoms with van der Waals surface area (Å²) in [4.78, 5) is 23.9. The van der Waals surface area contributed by atoms with Crippen LogP contribution in [0.2, 0.25) is 0 Å². The van der Waals surface area contributed by atoms with Crippen LogP contribution in [0.3, 0.4) is 0 Å². The van der Waals surface area contributed by atoms with E-state index in [0.717, 1.165) is 11.1 Å². The van der Waals surface area contributed by atoms with Crippen LogP contribution in [0.1, 0.15) is 16.7 Å². The van der Waals surface area contributed by atoms with E-state index < -0.39 is 0 Å². The highest BCUT2D eigenvalue weighted by molar-refractivity contribution is 5.85. The molecule has 2 rings (SSSR count). The molecule has 0 aliphatic rings. The van der Waals surface area contributed by atoms with Crippen LogP contribution in [0, 0.1) is 6.92 Å². The fraction of sp³-hybridized carbons (Fsp3) is 0.300. The van der Waals surface area contributed by atoms with E-state index in [2.05, 4.69) is 10.6 Å². The molecule has 0 atom stereocenters. The molecule has 0 saturated heterocycles. The zero-order valence-corrected chi connectivity index (χ0v) is 15.3. The predicted molar refractivity (Wildman–Crippen MR) is 99.3 cm³/mol. The van der Waals surface area contributed by atoms with Gasteiger partial charge in [0.15, 0.2) is 11.5 Å². The van der Waals surface area contributed by atoms with Gasteiger partial charge in [-0.3, -0.25) is 9.59 Å². The van der Waals surface area contributed by atoms with Gasteiger partial charge in [0.1, 0.15) is 0 Å². The lowest BCUT2D eigenvalue weighted by Gasteiger charge is -2.10. The van der Waals surface area contributed by atoms with Gasteiger partial charge < -0.3 is 20.1 Å². The normalized spacial score (nSPS) is 10.1. The van der Waals surface area contributed by atoms with Crippen LogP contribution in [0.15, 0.2) is 42.5 Å². The highest BCUT2D eigenvalue weighted by atomic mass is 16.5. The molecule has 138 valence electrons. The standard InChI is InChI=1S/C20H24N2O4/c1-14-4-6-15(7-5-14)12-21-20(24)13-22-19(23)11-16-8-9-17(25-2)18(10-16)26-3/h4-10H,11-13H2,1-3H3,(H,21,24)(H,22,23). The first-order chi connectivity index (χ1) is 12.5. The minimum absolute atomic E-state index is 0.0576. The number of nitrogens with one attached hydrogen (secondary N) is 2. The summed E-state index contributed by atoms with van der Waals surface area (Å²) in [6.07, 6.45) is 0.158. The van der Waals surface area contributed by atoms with Crippen molar-refractivity contribution in [2.75, 3.05) is 20.8 Å². The summed E-state index contributed by atoms with van der Waals surface area (Å²) in [5, 5.41) is 5.40. The molecule has 6 heteroatoms. The van der Waals surface area contributed by atoms with Gasteiger partial charge in [-0.15, -0.1) is 0 Å². The Labute approximate surface area is 153 Å². The minimum Gasteiger partial charge on any atom is -0.493 e. The molecule has 0 bridgehead atoms.